The Morgan fingerprint density at radius 3 is 2.68 bits per heavy atom. The minimum Gasteiger partial charge on any atom is -0.472 e. The monoisotopic (exact) mass is 339 g/mol. The Labute approximate surface area is 123 Å². The third-order valence-corrected chi connectivity index (χ3v) is 5.23. The van der Waals surface area contributed by atoms with Gasteiger partial charge in [0.2, 0.25) is 5.91 Å². The van der Waals surface area contributed by atoms with Crippen molar-refractivity contribution < 1.29 is 17.6 Å². The molecule has 0 aliphatic rings. The van der Waals surface area contributed by atoms with E-state index in [4.69, 9.17) is 27.6 Å². The number of carbonyl (C=O) groups is 1. The molecule has 0 radical (unpaired) electrons. The SMILES string of the molecule is O=C(Cc1ccoc1)NS(=O)(=O)c1cc(Cl)sc1Cl. The first kappa shape index (κ1) is 14.4. The van der Waals surface area contributed by atoms with Crippen molar-refractivity contribution in [1.29, 1.82) is 0 Å². The van der Waals surface area contributed by atoms with Gasteiger partial charge in [-0.25, -0.2) is 13.1 Å². The van der Waals surface area contributed by atoms with Crippen molar-refractivity contribution in [3.63, 3.8) is 0 Å². The maximum Gasteiger partial charge on any atom is 0.266 e. The van der Waals surface area contributed by atoms with Crippen LogP contribution in [0.2, 0.25) is 8.67 Å². The summed E-state index contributed by atoms with van der Waals surface area (Å²) in [6.45, 7) is 0. The topological polar surface area (TPSA) is 76.4 Å². The quantitative estimate of drug-likeness (QED) is 0.928. The zero-order chi connectivity index (χ0) is 14.0. The normalized spacial score (nSPS) is 11.5. The smallest absolute Gasteiger partial charge is 0.266 e. The van der Waals surface area contributed by atoms with Crippen molar-refractivity contribution in [2.45, 2.75) is 11.3 Å². The summed E-state index contributed by atoms with van der Waals surface area (Å²) in [5.41, 5.74) is 0.571. The molecule has 1 amide bonds. The summed E-state index contributed by atoms with van der Waals surface area (Å²) in [7, 11) is -4.01. The highest BCUT2D eigenvalue weighted by Gasteiger charge is 2.23. The fourth-order valence-corrected chi connectivity index (χ4v) is 4.46. The van der Waals surface area contributed by atoms with Crippen molar-refractivity contribution >= 4 is 50.5 Å². The van der Waals surface area contributed by atoms with Gasteiger partial charge in [-0.05, 0) is 17.7 Å². The summed E-state index contributed by atoms with van der Waals surface area (Å²) in [4.78, 5) is 11.4. The Hall–Kier alpha value is -1.02. The van der Waals surface area contributed by atoms with Crippen LogP contribution in [0.25, 0.3) is 0 Å². The number of thiophene rings is 1. The number of sulfonamides is 1. The minimum absolute atomic E-state index is 0.00797. The molecule has 2 aromatic heterocycles. The maximum absolute atomic E-state index is 11.9. The molecule has 0 unspecified atom stereocenters. The molecule has 0 atom stereocenters. The van der Waals surface area contributed by atoms with Gasteiger partial charge in [-0.3, -0.25) is 4.79 Å². The highest BCUT2D eigenvalue weighted by atomic mass is 35.5. The van der Waals surface area contributed by atoms with E-state index in [1.54, 1.807) is 6.07 Å². The molecule has 1 N–H and O–H groups in total. The van der Waals surface area contributed by atoms with E-state index in [1.807, 2.05) is 4.72 Å². The molecule has 0 aromatic carbocycles. The third kappa shape index (κ3) is 3.50. The van der Waals surface area contributed by atoms with Crippen LogP contribution in [0.1, 0.15) is 5.56 Å². The van der Waals surface area contributed by atoms with Crippen molar-refractivity contribution in [2.24, 2.45) is 0 Å². The van der Waals surface area contributed by atoms with Crippen LogP contribution in [0, 0.1) is 0 Å². The summed E-state index contributed by atoms with van der Waals surface area (Å²) in [5.74, 6) is -0.681. The van der Waals surface area contributed by atoms with Gasteiger partial charge in [-0.2, -0.15) is 0 Å². The second-order valence-corrected chi connectivity index (χ2v) is 7.46. The second-order valence-electron chi connectivity index (χ2n) is 3.53. The number of halogens is 2. The highest BCUT2D eigenvalue weighted by molar-refractivity contribution is 7.90. The van der Waals surface area contributed by atoms with Crippen LogP contribution in [-0.4, -0.2) is 14.3 Å². The standard InChI is InChI=1S/C10H7Cl2NO4S2/c11-8-4-7(10(12)18-8)19(15,16)13-9(14)3-6-1-2-17-5-6/h1-2,4-5H,3H2,(H,13,14). The molecule has 2 aromatic rings. The summed E-state index contributed by atoms with van der Waals surface area (Å²) < 4.78 is 30.8. The fraction of sp³-hybridized carbons (Fsp3) is 0.100. The van der Waals surface area contributed by atoms with Gasteiger partial charge in [0.25, 0.3) is 10.0 Å². The average molecular weight is 340 g/mol. The van der Waals surface area contributed by atoms with Crippen LogP contribution in [0.4, 0.5) is 0 Å². The molecule has 9 heteroatoms. The first-order chi connectivity index (χ1) is 8.88. The first-order valence-corrected chi connectivity index (χ1v) is 7.95. The van der Waals surface area contributed by atoms with Gasteiger partial charge >= 0.3 is 0 Å². The molecule has 0 spiro atoms. The first-order valence-electron chi connectivity index (χ1n) is 4.90. The molecule has 19 heavy (non-hydrogen) atoms. The molecule has 5 nitrogen and oxygen atoms in total. The number of hydrogen-bond acceptors (Lipinski definition) is 5. The molecule has 0 fully saturated rings. The van der Waals surface area contributed by atoms with E-state index < -0.39 is 15.9 Å². The van der Waals surface area contributed by atoms with Gasteiger partial charge in [0.05, 0.1) is 23.3 Å². The zero-order valence-corrected chi connectivity index (χ0v) is 12.4. The van der Waals surface area contributed by atoms with E-state index in [0.29, 0.717) is 5.56 Å². The Morgan fingerprint density at radius 2 is 2.16 bits per heavy atom. The van der Waals surface area contributed by atoms with Crippen LogP contribution < -0.4 is 4.72 Å². The fourth-order valence-electron chi connectivity index (χ4n) is 1.33. The van der Waals surface area contributed by atoms with Gasteiger partial charge in [0.1, 0.15) is 9.23 Å². The van der Waals surface area contributed by atoms with Crippen molar-refractivity contribution in [3.05, 3.63) is 38.9 Å². The van der Waals surface area contributed by atoms with E-state index in [1.165, 1.54) is 18.6 Å². The van der Waals surface area contributed by atoms with Gasteiger partial charge in [0.15, 0.2) is 0 Å². The van der Waals surface area contributed by atoms with E-state index in [9.17, 15) is 13.2 Å². The maximum atomic E-state index is 11.9. The molecular formula is C10H7Cl2NO4S2. The van der Waals surface area contributed by atoms with Crippen molar-refractivity contribution in [2.75, 3.05) is 0 Å². The minimum atomic E-state index is -4.01. The van der Waals surface area contributed by atoms with Crippen LogP contribution in [0.5, 0.6) is 0 Å². The van der Waals surface area contributed by atoms with Crippen LogP contribution in [-0.2, 0) is 21.2 Å². The number of carbonyl (C=O) groups excluding carboxylic acids is 1. The largest absolute Gasteiger partial charge is 0.472 e. The average Bonchev–Trinajstić information content (AvgIpc) is 2.87. The van der Waals surface area contributed by atoms with E-state index in [-0.39, 0.29) is 20.0 Å². The van der Waals surface area contributed by atoms with Gasteiger partial charge in [-0.1, -0.05) is 23.2 Å². The summed E-state index contributed by atoms with van der Waals surface area (Å²) >= 11 is 12.3. The molecule has 0 saturated carbocycles. The molecular weight excluding hydrogens is 333 g/mol. The molecule has 0 bridgehead atoms. The van der Waals surface area contributed by atoms with Crippen LogP contribution in [0.15, 0.2) is 34.0 Å². The summed E-state index contributed by atoms with van der Waals surface area (Å²) in [6, 6.07) is 2.77. The molecule has 0 aliphatic carbocycles. The lowest BCUT2D eigenvalue weighted by Crippen LogP contribution is -2.31. The zero-order valence-electron chi connectivity index (χ0n) is 9.22. The number of furan rings is 1. The Bertz CT molecular complexity index is 691. The Kier molecular flexibility index (Phi) is 4.19. The Balaban J connectivity index is 2.13. The summed E-state index contributed by atoms with van der Waals surface area (Å²) in [5, 5.41) is 0. The molecule has 2 rings (SSSR count). The van der Waals surface area contributed by atoms with Crippen molar-refractivity contribution in [3.8, 4) is 0 Å². The van der Waals surface area contributed by atoms with E-state index in [0.717, 1.165) is 11.3 Å². The molecule has 0 saturated heterocycles. The number of nitrogens with one attached hydrogen (secondary N) is 1. The van der Waals surface area contributed by atoms with E-state index >= 15 is 0 Å². The van der Waals surface area contributed by atoms with E-state index in [2.05, 4.69) is 0 Å². The third-order valence-electron chi connectivity index (χ3n) is 2.11. The highest BCUT2D eigenvalue weighted by Crippen LogP contribution is 2.34. The van der Waals surface area contributed by atoms with Crippen LogP contribution >= 0.6 is 34.5 Å². The lowest BCUT2D eigenvalue weighted by Gasteiger charge is -2.04. The van der Waals surface area contributed by atoms with Gasteiger partial charge < -0.3 is 4.42 Å². The van der Waals surface area contributed by atoms with Crippen LogP contribution in [0.3, 0.4) is 0 Å². The second kappa shape index (κ2) is 5.54. The molecule has 102 valence electrons. The predicted octanol–water partition coefficient (Wildman–Crippen LogP) is 2.70. The summed E-state index contributed by atoms with van der Waals surface area (Å²) in [6.07, 6.45) is 2.65. The number of hydrogen-bond donors (Lipinski definition) is 1. The number of rotatable bonds is 4. The molecule has 2 heterocycles. The number of amides is 1. The van der Waals surface area contributed by atoms with Gasteiger partial charge in [-0.15, -0.1) is 11.3 Å². The lowest BCUT2D eigenvalue weighted by atomic mass is 10.2. The molecule has 0 aliphatic heterocycles. The Morgan fingerprint density at radius 1 is 1.42 bits per heavy atom. The lowest BCUT2D eigenvalue weighted by molar-refractivity contribution is -0.118. The van der Waals surface area contributed by atoms with Gasteiger partial charge in [0, 0.05) is 0 Å². The van der Waals surface area contributed by atoms with Crippen molar-refractivity contribution in [1.82, 2.24) is 4.72 Å². The predicted molar refractivity (Wildman–Crippen MR) is 72.1 cm³/mol.